The van der Waals surface area contributed by atoms with Gasteiger partial charge in [-0.15, -0.1) is 0 Å². The Balaban J connectivity index is 2.74. The number of carbonyl (C=O) groups is 2. The Labute approximate surface area is 165 Å². The van der Waals surface area contributed by atoms with Crippen LogP contribution in [0.5, 0.6) is 0 Å². The molecule has 0 aliphatic heterocycles. The molecule has 28 heavy (non-hydrogen) atoms. The molecule has 1 aromatic heterocycles. The van der Waals surface area contributed by atoms with Crippen LogP contribution in [0.1, 0.15) is 43.5 Å². The number of guanidine groups is 1. The van der Waals surface area contributed by atoms with E-state index in [0.717, 1.165) is 0 Å². The van der Waals surface area contributed by atoms with Gasteiger partial charge in [0.05, 0.1) is 17.8 Å². The molecule has 1 aromatic rings. The van der Waals surface area contributed by atoms with E-state index in [2.05, 4.69) is 21.3 Å². The SMILES string of the molecule is CNC(=N)NCCC[C@H](NC(=O)c1ccoc1)C(=O)N[C@@H](CC(C)C)B(O)O. The molecule has 2 amide bonds. The van der Waals surface area contributed by atoms with E-state index in [1.165, 1.54) is 18.6 Å². The van der Waals surface area contributed by atoms with Gasteiger partial charge in [-0.2, -0.15) is 0 Å². The van der Waals surface area contributed by atoms with Gasteiger partial charge in [0.15, 0.2) is 5.96 Å². The van der Waals surface area contributed by atoms with E-state index in [4.69, 9.17) is 9.83 Å². The highest BCUT2D eigenvalue weighted by Gasteiger charge is 2.30. The standard InChI is InChI=1S/C17H30BN5O5/c1-11(2)9-14(18(26)27)23-16(25)13(5-4-7-21-17(19)20-3)22-15(24)12-6-8-28-10-12/h6,8,10-11,13-14,26-27H,4-5,7,9H2,1-3H3,(H,22,24)(H,23,25)(H3,19,20,21)/t13-,14-/m0/s1. The van der Waals surface area contributed by atoms with E-state index in [0.29, 0.717) is 25.8 Å². The van der Waals surface area contributed by atoms with Crippen LogP contribution in [0.4, 0.5) is 0 Å². The number of carbonyl (C=O) groups excluding carboxylic acids is 2. The Morgan fingerprint density at radius 1 is 1.29 bits per heavy atom. The minimum atomic E-state index is -1.70. The molecule has 2 atom stereocenters. The molecule has 0 aromatic carbocycles. The smallest absolute Gasteiger partial charge is 0.472 e. The van der Waals surface area contributed by atoms with Crippen LogP contribution < -0.4 is 21.3 Å². The van der Waals surface area contributed by atoms with Crippen LogP contribution in [-0.2, 0) is 4.79 Å². The molecule has 11 heteroatoms. The Kier molecular flexibility index (Phi) is 10.1. The summed E-state index contributed by atoms with van der Waals surface area (Å²) in [4.78, 5) is 25.0. The molecule has 1 rings (SSSR count). The Morgan fingerprint density at radius 2 is 2.00 bits per heavy atom. The molecule has 156 valence electrons. The van der Waals surface area contributed by atoms with E-state index in [9.17, 15) is 19.6 Å². The van der Waals surface area contributed by atoms with E-state index in [1.54, 1.807) is 7.05 Å². The van der Waals surface area contributed by atoms with Crippen LogP contribution in [-0.4, -0.2) is 60.5 Å². The minimum Gasteiger partial charge on any atom is -0.472 e. The lowest BCUT2D eigenvalue weighted by molar-refractivity contribution is -0.123. The molecule has 7 N–H and O–H groups in total. The summed E-state index contributed by atoms with van der Waals surface area (Å²) in [5.41, 5.74) is 0.286. The maximum atomic E-state index is 12.7. The predicted octanol–water partition coefficient (Wildman–Crippen LogP) is -0.555. The van der Waals surface area contributed by atoms with Crippen LogP contribution in [0.25, 0.3) is 0 Å². The second kappa shape index (κ2) is 12.0. The number of amides is 2. The van der Waals surface area contributed by atoms with Gasteiger partial charge in [0.2, 0.25) is 5.91 Å². The first-order valence-corrected chi connectivity index (χ1v) is 9.24. The Morgan fingerprint density at radius 3 is 2.54 bits per heavy atom. The van der Waals surface area contributed by atoms with Crippen LogP contribution in [0.3, 0.4) is 0 Å². The molecule has 0 aliphatic carbocycles. The second-order valence-electron chi connectivity index (χ2n) is 6.89. The van der Waals surface area contributed by atoms with Gasteiger partial charge in [-0.05, 0) is 31.2 Å². The molecule has 0 bridgehead atoms. The first-order valence-electron chi connectivity index (χ1n) is 9.24. The number of hydrogen-bond acceptors (Lipinski definition) is 6. The molecule has 0 saturated carbocycles. The maximum absolute atomic E-state index is 12.7. The van der Waals surface area contributed by atoms with E-state index < -0.39 is 30.9 Å². The van der Waals surface area contributed by atoms with Gasteiger partial charge in [-0.3, -0.25) is 15.0 Å². The van der Waals surface area contributed by atoms with Gasteiger partial charge in [-0.25, -0.2) is 0 Å². The third-order valence-electron chi connectivity index (χ3n) is 4.04. The maximum Gasteiger partial charge on any atom is 0.475 e. The first-order chi connectivity index (χ1) is 13.2. The summed E-state index contributed by atoms with van der Waals surface area (Å²) >= 11 is 0. The van der Waals surface area contributed by atoms with Gasteiger partial charge in [0, 0.05) is 13.6 Å². The predicted molar refractivity (Wildman–Crippen MR) is 106 cm³/mol. The molecule has 1 heterocycles. The van der Waals surface area contributed by atoms with E-state index in [1.807, 2.05) is 13.8 Å². The lowest BCUT2D eigenvalue weighted by atomic mass is 9.75. The van der Waals surface area contributed by atoms with Crippen molar-refractivity contribution in [1.82, 2.24) is 21.3 Å². The summed E-state index contributed by atoms with van der Waals surface area (Å²) in [5, 5.41) is 37.3. The highest BCUT2D eigenvalue weighted by molar-refractivity contribution is 6.43. The summed E-state index contributed by atoms with van der Waals surface area (Å²) in [6, 6.07) is 0.612. The highest BCUT2D eigenvalue weighted by atomic mass is 16.4. The third kappa shape index (κ3) is 8.44. The summed E-state index contributed by atoms with van der Waals surface area (Å²) in [6.45, 7) is 4.24. The van der Waals surface area contributed by atoms with Gasteiger partial charge >= 0.3 is 7.12 Å². The lowest BCUT2D eigenvalue weighted by Crippen LogP contribution is -2.54. The molecular weight excluding hydrogens is 365 g/mol. The molecular formula is C17H30BN5O5. The number of nitrogens with one attached hydrogen (secondary N) is 5. The van der Waals surface area contributed by atoms with Crippen LogP contribution in [0.15, 0.2) is 23.0 Å². The zero-order valence-corrected chi connectivity index (χ0v) is 16.5. The van der Waals surface area contributed by atoms with Crippen LogP contribution in [0.2, 0.25) is 0 Å². The van der Waals surface area contributed by atoms with Crippen molar-refractivity contribution in [1.29, 1.82) is 5.41 Å². The molecule has 0 fully saturated rings. The number of hydrogen-bond donors (Lipinski definition) is 7. The van der Waals surface area contributed by atoms with Crippen molar-refractivity contribution in [3.8, 4) is 0 Å². The van der Waals surface area contributed by atoms with Crippen molar-refractivity contribution >= 4 is 24.9 Å². The Hall–Kier alpha value is -2.53. The minimum absolute atomic E-state index is 0.142. The van der Waals surface area contributed by atoms with Gasteiger partial charge in [0.1, 0.15) is 12.3 Å². The topological polar surface area (TPSA) is 160 Å². The van der Waals surface area contributed by atoms with E-state index in [-0.39, 0.29) is 17.4 Å². The van der Waals surface area contributed by atoms with Crippen molar-refractivity contribution < 1.29 is 24.1 Å². The Bertz CT molecular complexity index is 623. The van der Waals surface area contributed by atoms with Gasteiger partial charge < -0.3 is 35.7 Å². The van der Waals surface area contributed by atoms with E-state index >= 15 is 0 Å². The fraction of sp³-hybridized carbons (Fsp3) is 0.588. The fourth-order valence-electron chi connectivity index (χ4n) is 2.56. The third-order valence-corrected chi connectivity index (χ3v) is 4.04. The summed E-state index contributed by atoms with van der Waals surface area (Å²) < 4.78 is 4.89. The molecule has 0 spiro atoms. The largest absolute Gasteiger partial charge is 0.475 e. The highest BCUT2D eigenvalue weighted by Crippen LogP contribution is 2.08. The average molecular weight is 395 g/mol. The number of furan rings is 1. The van der Waals surface area contributed by atoms with Crippen molar-refractivity contribution in [2.45, 2.75) is 45.1 Å². The lowest BCUT2D eigenvalue weighted by Gasteiger charge is -2.24. The van der Waals surface area contributed by atoms with Crippen LogP contribution in [0, 0.1) is 11.3 Å². The normalized spacial score (nSPS) is 12.8. The average Bonchev–Trinajstić information content (AvgIpc) is 3.17. The molecule has 0 aliphatic rings. The summed E-state index contributed by atoms with van der Waals surface area (Å²) in [5.74, 6) is -1.50. The van der Waals surface area contributed by atoms with Gasteiger partial charge in [-0.1, -0.05) is 13.8 Å². The molecule has 10 nitrogen and oxygen atoms in total. The zero-order chi connectivity index (χ0) is 21.1. The van der Waals surface area contributed by atoms with Crippen molar-refractivity contribution in [3.05, 3.63) is 24.2 Å². The van der Waals surface area contributed by atoms with Crippen molar-refractivity contribution in [2.24, 2.45) is 5.92 Å². The second-order valence-corrected chi connectivity index (χ2v) is 6.89. The molecule has 0 unspecified atom stereocenters. The van der Waals surface area contributed by atoms with Gasteiger partial charge in [0.25, 0.3) is 5.91 Å². The zero-order valence-electron chi connectivity index (χ0n) is 16.5. The quantitative estimate of drug-likeness (QED) is 0.114. The summed E-state index contributed by atoms with van der Waals surface area (Å²) in [6.07, 6.45) is 3.82. The summed E-state index contributed by atoms with van der Waals surface area (Å²) in [7, 11) is -0.0828. The number of rotatable bonds is 11. The monoisotopic (exact) mass is 395 g/mol. The van der Waals surface area contributed by atoms with Crippen molar-refractivity contribution in [2.75, 3.05) is 13.6 Å². The first kappa shape index (κ1) is 23.5. The van der Waals surface area contributed by atoms with Crippen molar-refractivity contribution in [3.63, 3.8) is 0 Å². The molecule has 0 radical (unpaired) electrons. The fourth-order valence-corrected chi connectivity index (χ4v) is 2.56. The molecule has 0 saturated heterocycles. The van der Waals surface area contributed by atoms with Crippen LogP contribution >= 0.6 is 0 Å².